The van der Waals surface area contributed by atoms with Crippen molar-refractivity contribution in [3.63, 3.8) is 0 Å². The molecule has 2 aromatic heterocycles. The smallest absolute Gasteiger partial charge is 0.164 e. The quantitative estimate of drug-likeness (QED) is 0.174. The molecular formula is C55H36N4S. The van der Waals surface area contributed by atoms with Crippen molar-refractivity contribution in [2.45, 2.75) is 22.6 Å². The number of nitrogens with zero attached hydrogens (tertiary/aromatic N) is 4. The Morgan fingerprint density at radius 3 is 1.77 bits per heavy atom. The molecule has 9 aromatic rings. The molecular weight excluding hydrogens is 749 g/mol. The van der Waals surface area contributed by atoms with Crippen molar-refractivity contribution < 1.29 is 0 Å². The van der Waals surface area contributed by atoms with E-state index in [0.29, 0.717) is 17.5 Å². The van der Waals surface area contributed by atoms with Gasteiger partial charge < -0.3 is 0 Å². The number of fused-ring (bicyclic) bond motifs is 10. The monoisotopic (exact) mass is 784 g/mol. The van der Waals surface area contributed by atoms with E-state index in [9.17, 15) is 0 Å². The van der Waals surface area contributed by atoms with Gasteiger partial charge in [0, 0.05) is 44.0 Å². The van der Waals surface area contributed by atoms with Gasteiger partial charge in [0.1, 0.15) is 0 Å². The molecule has 0 amide bonds. The van der Waals surface area contributed by atoms with Crippen LogP contribution in [0.3, 0.4) is 0 Å². The van der Waals surface area contributed by atoms with Crippen LogP contribution in [0.2, 0.25) is 0 Å². The predicted molar refractivity (Wildman–Crippen MR) is 244 cm³/mol. The van der Waals surface area contributed by atoms with E-state index in [-0.39, 0.29) is 5.92 Å². The Morgan fingerprint density at radius 1 is 0.483 bits per heavy atom. The third-order valence-corrected chi connectivity index (χ3v) is 13.6. The summed E-state index contributed by atoms with van der Waals surface area (Å²) in [6.45, 7) is 0. The standard InChI is InChI=1S/C55H36N4S/c1-3-13-35(14-4-1)36-24-26-39(27-25-36)53-57-52(38-15-5-2-6-16-38)58-54(59-53)41-29-31-50-48(34-41)55(45-22-9-7-19-43(45)44-20-8-10-23-46(44)55)47-33-40(28-30-49(47)60-50)42-21-11-17-37-18-12-32-56-51(37)42/h1-27,29-34,40H,28H2. The molecule has 4 nitrogen and oxygen atoms in total. The van der Waals surface area contributed by atoms with Gasteiger partial charge in [-0.1, -0.05) is 188 Å². The Morgan fingerprint density at radius 2 is 1.05 bits per heavy atom. The van der Waals surface area contributed by atoms with Crippen LogP contribution < -0.4 is 0 Å². The summed E-state index contributed by atoms with van der Waals surface area (Å²) in [5.74, 6) is 2.10. The molecule has 7 aromatic carbocycles. The Labute approximate surface area is 353 Å². The van der Waals surface area contributed by atoms with Gasteiger partial charge >= 0.3 is 0 Å². The Bertz CT molecular complexity index is 3160. The number of pyridine rings is 1. The van der Waals surface area contributed by atoms with Crippen LogP contribution in [0.25, 0.3) is 67.3 Å². The van der Waals surface area contributed by atoms with E-state index < -0.39 is 5.41 Å². The van der Waals surface area contributed by atoms with E-state index in [1.54, 1.807) is 0 Å². The molecule has 2 aliphatic carbocycles. The fourth-order valence-corrected chi connectivity index (χ4v) is 10.9. The lowest BCUT2D eigenvalue weighted by molar-refractivity contribution is 0.708. The van der Waals surface area contributed by atoms with Crippen molar-refractivity contribution in [2.24, 2.45) is 0 Å². The molecule has 1 aliphatic heterocycles. The molecule has 282 valence electrons. The van der Waals surface area contributed by atoms with E-state index in [4.69, 9.17) is 19.9 Å². The largest absolute Gasteiger partial charge is 0.256 e. The minimum Gasteiger partial charge on any atom is -0.256 e. The molecule has 5 heteroatoms. The second-order valence-corrected chi connectivity index (χ2v) is 16.8. The zero-order chi connectivity index (χ0) is 39.6. The highest BCUT2D eigenvalue weighted by Gasteiger charge is 2.52. The van der Waals surface area contributed by atoms with E-state index in [2.05, 4.69) is 164 Å². The average molecular weight is 785 g/mol. The summed E-state index contributed by atoms with van der Waals surface area (Å²) in [6, 6.07) is 64.9. The summed E-state index contributed by atoms with van der Waals surface area (Å²) in [7, 11) is 0. The first-order chi connectivity index (χ1) is 29.7. The number of hydrogen-bond donors (Lipinski definition) is 0. The van der Waals surface area contributed by atoms with Crippen molar-refractivity contribution in [1.82, 2.24) is 19.9 Å². The summed E-state index contributed by atoms with van der Waals surface area (Å²) in [6.07, 6.45) is 7.87. The van der Waals surface area contributed by atoms with Crippen molar-refractivity contribution >= 4 is 22.7 Å². The van der Waals surface area contributed by atoms with E-state index in [0.717, 1.165) is 34.2 Å². The first kappa shape index (κ1) is 34.8. The lowest BCUT2D eigenvalue weighted by Gasteiger charge is -2.43. The van der Waals surface area contributed by atoms with Gasteiger partial charge in [0.15, 0.2) is 17.5 Å². The zero-order valence-electron chi connectivity index (χ0n) is 32.5. The van der Waals surface area contributed by atoms with Crippen LogP contribution >= 0.6 is 11.8 Å². The molecule has 1 atom stereocenters. The van der Waals surface area contributed by atoms with Crippen molar-refractivity contribution in [3.05, 3.63) is 233 Å². The molecule has 3 heterocycles. The molecule has 0 bridgehead atoms. The van der Waals surface area contributed by atoms with Gasteiger partial charge in [0.25, 0.3) is 0 Å². The number of para-hydroxylation sites is 1. The minimum absolute atomic E-state index is 0.164. The lowest BCUT2D eigenvalue weighted by atomic mass is 9.64. The van der Waals surface area contributed by atoms with Crippen LogP contribution in [0, 0.1) is 0 Å². The van der Waals surface area contributed by atoms with Crippen LogP contribution in [0.1, 0.15) is 34.6 Å². The summed E-state index contributed by atoms with van der Waals surface area (Å²) < 4.78 is 0. The fraction of sp³-hybridized carbons (Fsp3) is 0.0545. The molecule has 0 N–H and O–H groups in total. The topological polar surface area (TPSA) is 51.6 Å². The number of allylic oxidation sites excluding steroid dienone is 3. The highest BCUT2D eigenvalue weighted by atomic mass is 32.2. The number of hydrogen-bond acceptors (Lipinski definition) is 5. The summed E-state index contributed by atoms with van der Waals surface area (Å²) in [5.41, 5.74) is 14.7. The Hall–Kier alpha value is -7.21. The molecule has 1 unspecified atom stereocenters. The van der Waals surface area contributed by atoms with Crippen molar-refractivity contribution in [1.29, 1.82) is 0 Å². The molecule has 0 saturated carbocycles. The van der Waals surface area contributed by atoms with Crippen LogP contribution in [-0.4, -0.2) is 19.9 Å². The van der Waals surface area contributed by atoms with Gasteiger partial charge in [-0.05, 0) is 74.7 Å². The van der Waals surface area contributed by atoms with Gasteiger partial charge in [0.2, 0.25) is 0 Å². The fourth-order valence-electron chi connectivity index (χ4n) is 9.67. The van der Waals surface area contributed by atoms with Crippen molar-refractivity contribution in [3.8, 4) is 56.4 Å². The van der Waals surface area contributed by atoms with Crippen LogP contribution in [-0.2, 0) is 5.41 Å². The van der Waals surface area contributed by atoms with Crippen LogP contribution in [0.5, 0.6) is 0 Å². The number of rotatable bonds is 5. The lowest BCUT2D eigenvalue weighted by Crippen LogP contribution is -2.34. The minimum atomic E-state index is -0.558. The summed E-state index contributed by atoms with van der Waals surface area (Å²) >= 11 is 1.88. The highest BCUT2D eigenvalue weighted by molar-refractivity contribution is 8.03. The van der Waals surface area contributed by atoms with Crippen LogP contribution in [0.15, 0.2) is 216 Å². The number of benzene rings is 7. The van der Waals surface area contributed by atoms with Gasteiger partial charge in [-0.2, -0.15) is 0 Å². The van der Waals surface area contributed by atoms with E-state index in [1.165, 1.54) is 59.7 Å². The van der Waals surface area contributed by atoms with Gasteiger partial charge in [0.05, 0.1) is 10.9 Å². The zero-order valence-corrected chi connectivity index (χ0v) is 33.4. The van der Waals surface area contributed by atoms with E-state index in [1.807, 2.05) is 48.3 Å². The second kappa shape index (κ2) is 14.0. The first-order valence-corrected chi connectivity index (χ1v) is 21.3. The first-order valence-electron chi connectivity index (χ1n) is 20.5. The average Bonchev–Trinajstić information content (AvgIpc) is 3.62. The van der Waals surface area contributed by atoms with Gasteiger partial charge in [-0.3, -0.25) is 4.98 Å². The normalized spacial score (nSPS) is 15.7. The second-order valence-electron chi connectivity index (χ2n) is 15.7. The molecule has 12 rings (SSSR count). The molecule has 3 aliphatic rings. The van der Waals surface area contributed by atoms with E-state index >= 15 is 0 Å². The maximum Gasteiger partial charge on any atom is 0.164 e. The molecule has 1 spiro atoms. The summed E-state index contributed by atoms with van der Waals surface area (Å²) in [5, 5.41) is 1.17. The Balaban J connectivity index is 1.07. The highest BCUT2D eigenvalue weighted by Crippen LogP contribution is 2.65. The van der Waals surface area contributed by atoms with Gasteiger partial charge in [-0.25, -0.2) is 15.0 Å². The third-order valence-electron chi connectivity index (χ3n) is 12.4. The molecule has 0 fully saturated rings. The Kier molecular flexibility index (Phi) is 8.10. The SMILES string of the molecule is C1=C2Sc3ccc(-c4nc(-c5ccccc5)nc(-c5ccc(-c6ccccc6)cc5)n4)cc3C3(C2=CC(c2cccc4cccnc24)C1)c1ccccc1-c1ccccc13. The molecule has 0 radical (unpaired) electrons. The number of aromatic nitrogens is 4. The molecule has 0 saturated heterocycles. The predicted octanol–water partition coefficient (Wildman–Crippen LogP) is 13.5. The van der Waals surface area contributed by atoms with Gasteiger partial charge in [-0.15, -0.1) is 0 Å². The van der Waals surface area contributed by atoms with Crippen LogP contribution in [0.4, 0.5) is 0 Å². The maximum atomic E-state index is 5.25. The summed E-state index contributed by atoms with van der Waals surface area (Å²) in [4.78, 5) is 23.0. The maximum absolute atomic E-state index is 5.25. The number of thioether (sulfide) groups is 1. The third kappa shape index (κ3) is 5.46. The molecule has 60 heavy (non-hydrogen) atoms. The van der Waals surface area contributed by atoms with Crippen molar-refractivity contribution in [2.75, 3.05) is 0 Å².